The van der Waals surface area contributed by atoms with Gasteiger partial charge in [0.1, 0.15) is 0 Å². The van der Waals surface area contributed by atoms with Crippen molar-refractivity contribution in [1.29, 1.82) is 0 Å². The zero-order valence-corrected chi connectivity index (χ0v) is 9.12. The molecule has 0 aromatic carbocycles. The van der Waals surface area contributed by atoms with E-state index in [1.807, 2.05) is 31.5 Å². The Kier molecular flexibility index (Phi) is 3.73. The molecule has 0 aliphatic heterocycles. The molecular formula is C11H16ClN. The Labute approximate surface area is 85.1 Å². The van der Waals surface area contributed by atoms with Crippen molar-refractivity contribution in [2.45, 2.75) is 32.1 Å². The molecule has 0 radical (unpaired) electrons. The lowest BCUT2D eigenvalue weighted by Crippen LogP contribution is -2.15. The lowest BCUT2D eigenvalue weighted by Gasteiger charge is -2.23. The van der Waals surface area contributed by atoms with E-state index in [9.17, 15) is 0 Å². The number of aromatic nitrogens is 1. The van der Waals surface area contributed by atoms with Crippen molar-refractivity contribution in [3.8, 4) is 0 Å². The van der Waals surface area contributed by atoms with Gasteiger partial charge in [-0.25, -0.2) is 0 Å². The Bertz CT molecular complexity index is 236. The van der Waals surface area contributed by atoms with Gasteiger partial charge in [-0.05, 0) is 30.5 Å². The fourth-order valence-electron chi connectivity index (χ4n) is 1.77. The van der Waals surface area contributed by atoms with Crippen molar-refractivity contribution in [3.05, 3.63) is 30.1 Å². The molecule has 2 heteroatoms. The van der Waals surface area contributed by atoms with Gasteiger partial charge in [0.2, 0.25) is 0 Å². The molecule has 0 saturated heterocycles. The van der Waals surface area contributed by atoms with Crippen LogP contribution in [0.1, 0.15) is 32.3 Å². The number of hydrogen-bond acceptors (Lipinski definition) is 1. The normalized spacial score (nSPS) is 15.8. The van der Waals surface area contributed by atoms with Crippen molar-refractivity contribution < 1.29 is 0 Å². The van der Waals surface area contributed by atoms with Crippen molar-refractivity contribution in [2.24, 2.45) is 5.92 Å². The van der Waals surface area contributed by atoms with Crippen LogP contribution in [-0.2, 0) is 0 Å². The van der Waals surface area contributed by atoms with E-state index in [1.54, 1.807) is 0 Å². The molecule has 0 bridgehead atoms. The summed E-state index contributed by atoms with van der Waals surface area (Å²) in [6, 6.07) is 4.09. The zero-order valence-electron chi connectivity index (χ0n) is 8.37. The molecular weight excluding hydrogens is 182 g/mol. The van der Waals surface area contributed by atoms with Crippen LogP contribution < -0.4 is 0 Å². The Balaban J connectivity index is 2.89. The lowest BCUT2D eigenvalue weighted by molar-refractivity contribution is 0.490. The maximum Gasteiger partial charge on any atom is 0.0378 e. The fourth-order valence-corrected chi connectivity index (χ4v) is 2.20. The van der Waals surface area contributed by atoms with Crippen molar-refractivity contribution >= 4 is 11.6 Å². The quantitative estimate of drug-likeness (QED) is 0.677. The second kappa shape index (κ2) is 4.61. The molecule has 0 N–H and O–H groups in total. The third kappa shape index (κ3) is 2.70. The summed E-state index contributed by atoms with van der Waals surface area (Å²) in [5.41, 5.74) is 1.28. The van der Waals surface area contributed by atoms with Gasteiger partial charge in [0.25, 0.3) is 0 Å². The highest BCUT2D eigenvalue weighted by Gasteiger charge is 2.20. The first kappa shape index (κ1) is 10.5. The maximum atomic E-state index is 6.15. The molecule has 1 nitrogen and oxygen atoms in total. The van der Waals surface area contributed by atoms with Gasteiger partial charge >= 0.3 is 0 Å². The summed E-state index contributed by atoms with van der Waals surface area (Å²) >= 11 is 6.15. The first-order valence-electron chi connectivity index (χ1n) is 4.67. The molecule has 0 aliphatic rings. The summed E-state index contributed by atoms with van der Waals surface area (Å²) in [4.78, 5) is 4.00. The molecule has 1 heterocycles. The Morgan fingerprint density at radius 1 is 1.15 bits per heavy atom. The van der Waals surface area contributed by atoms with Crippen LogP contribution in [0.4, 0.5) is 0 Å². The lowest BCUT2D eigenvalue weighted by atomic mass is 9.87. The number of nitrogens with zero attached hydrogens (tertiary/aromatic N) is 1. The molecule has 0 saturated carbocycles. The zero-order chi connectivity index (χ0) is 9.84. The van der Waals surface area contributed by atoms with E-state index in [1.165, 1.54) is 5.56 Å². The van der Waals surface area contributed by atoms with Gasteiger partial charge < -0.3 is 0 Å². The summed E-state index contributed by atoms with van der Waals surface area (Å²) in [7, 11) is 0. The summed E-state index contributed by atoms with van der Waals surface area (Å²) < 4.78 is 0. The van der Waals surface area contributed by atoms with E-state index in [2.05, 4.69) is 18.8 Å². The Morgan fingerprint density at radius 2 is 1.69 bits per heavy atom. The molecule has 72 valence electrons. The Hall–Kier alpha value is -0.560. The van der Waals surface area contributed by atoms with Gasteiger partial charge in [-0.2, -0.15) is 0 Å². The summed E-state index contributed by atoms with van der Waals surface area (Å²) in [6.07, 6.45) is 3.65. The third-order valence-electron chi connectivity index (χ3n) is 2.30. The van der Waals surface area contributed by atoms with E-state index in [4.69, 9.17) is 11.6 Å². The van der Waals surface area contributed by atoms with Gasteiger partial charge in [0.05, 0.1) is 0 Å². The van der Waals surface area contributed by atoms with Crippen LogP contribution in [0, 0.1) is 5.92 Å². The molecule has 13 heavy (non-hydrogen) atoms. The highest BCUT2D eigenvalue weighted by Crippen LogP contribution is 2.30. The minimum Gasteiger partial charge on any atom is -0.265 e. The maximum absolute atomic E-state index is 6.15. The average Bonchev–Trinajstić information content (AvgIpc) is 2.04. The van der Waals surface area contributed by atoms with Crippen molar-refractivity contribution in [1.82, 2.24) is 4.98 Å². The fraction of sp³-hybridized carbons (Fsp3) is 0.545. The van der Waals surface area contributed by atoms with Crippen LogP contribution in [0.15, 0.2) is 24.5 Å². The third-order valence-corrected chi connectivity index (χ3v) is 2.58. The molecule has 1 aromatic rings. The number of alkyl halides is 1. The second-order valence-corrected chi connectivity index (χ2v) is 4.42. The minimum absolute atomic E-state index is 0.169. The number of hydrogen-bond donors (Lipinski definition) is 0. The van der Waals surface area contributed by atoms with E-state index in [-0.39, 0.29) is 5.38 Å². The molecule has 0 spiro atoms. The molecule has 0 fully saturated rings. The van der Waals surface area contributed by atoms with Gasteiger partial charge in [0, 0.05) is 23.7 Å². The number of rotatable bonds is 3. The standard InChI is InChI=1S/C11H16ClN/c1-8(2)11(9(3)12)10-4-6-13-7-5-10/h4-9,11H,1-3H3. The topological polar surface area (TPSA) is 12.9 Å². The second-order valence-electron chi connectivity index (χ2n) is 3.73. The van der Waals surface area contributed by atoms with E-state index >= 15 is 0 Å². The van der Waals surface area contributed by atoms with Crippen LogP contribution in [-0.4, -0.2) is 10.4 Å². The highest BCUT2D eigenvalue weighted by atomic mass is 35.5. The summed E-state index contributed by atoms with van der Waals surface area (Å²) in [5.74, 6) is 0.986. The van der Waals surface area contributed by atoms with Gasteiger partial charge in [-0.1, -0.05) is 13.8 Å². The summed E-state index contributed by atoms with van der Waals surface area (Å²) in [6.45, 7) is 6.45. The molecule has 2 unspecified atom stereocenters. The van der Waals surface area contributed by atoms with E-state index in [0.29, 0.717) is 11.8 Å². The first-order chi connectivity index (χ1) is 6.13. The van der Waals surface area contributed by atoms with Crippen LogP contribution in [0.5, 0.6) is 0 Å². The molecule has 0 aliphatic carbocycles. The van der Waals surface area contributed by atoms with Gasteiger partial charge in [0.15, 0.2) is 0 Å². The van der Waals surface area contributed by atoms with Crippen molar-refractivity contribution in [3.63, 3.8) is 0 Å². The average molecular weight is 198 g/mol. The molecule has 0 amide bonds. The van der Waals surface area contributed by atoms with E-state index < -0.39 is 0 Å². The van der Waals surface area contributed by atoms with Crippen LogP contribution in [0.2, 0.25) is 0 Å². The molecule has 1 aromatic heterocycles. The highest BCUT2D eigenvalue weighted by molar-refractivity contribution is 6.20. The van der Waals surface area contributed by atoms with Crippen LogP contribution >= 0.6 is 11.6 Å². The van der Waals surface area contributed by atoms with Gasteiger partial charge in [-0.3, -0.25) is 4.98 Å². The first-order valence-corrected chi connectivity index (χ1v) is 5.10. The predicted molar refractivity (Wildman–Crippen MR) is 57.1 cm³/mol. The van der Waals surface area contributed by atoms with Gasteiger partial charge in [-0.15, -0.1) is 11.6 Å². The molecule has 1 rings (SSSR count). The minimum atomic E-state index is 0.169. The SMILES string of the molecule is CC(C)C(c1ccncc1)C(C)Cl. The predicted octanol–water partition coefficient (Wildman–Crippen LogP) is 3.45. The largest absolute Gasteiger partial charge is 0.265 e. The smallest absolute Gasteiger partial charge is 0.0378 e. The van der Waals surface area contributed by atoms with E-state index in [0.717, 1.165) is 0 Å². The Morgan fingerprint density at radius 3 is 2.08 bits per heavy atom. The van der Waals surface area contributed by atoms with Crippen LogP contribution in [0.25, 0.3) is 0 Å². The van der Waals surface area contributed by atoms with Crippen molar-refractivity contribution in [2.75, 3.05) is 0 Å². The van der Waals surface area contributed by atoms with Crippen LogP contribution in [0.3, 0.4) is 0 Å². The number of halogens is 1. The number of pyridine rings is 1. The molecule has 2 atom stereocenters. The summed E-state index contributed by atoms with van der Waals surface area (Å²) in [5, 5.41) is 0.169. The monoisotopic (exact) mass is 197 g/mol.